The molecule has 0 saturated carbocycles. The summed E-state index contributed by atoms with van der Waals surface area (Å²) >= 11 is 0. The molecule has 4 atom stereocenters. The Labute approximate surface area is 470 Å². The maximum atomic E-state index is 11.5. The first-order valence-corrected chi connectivity index (χ1v) is 31.8. The van der Waals surface area contributed by atoms with Crippen molar-refractivity contribution in [3.05, 3.63) is 61.4 Å². The zero-order chi connectivity index (χ0) is 55.9. The van der Waals surface area contributed by atoms with E-state index in [0.29, 0.717) is 43.6 Å². The minimum Gasteiger partial charge on any atom is -0.378 e. The number of nitrogens with zero attached hydrogens (tertiary/aromatic N) is 6. The Morgan fingerprint density at radius 1 is 0.342 bits per heavy atom. The fraction of sp³-hybridized carbons (Fsp3) is 0.836. The van der Waals surface area contributed by atoms with Gasteiger partial charge in [0.15, 0.2) is 0 Å². The molecule has 0 aromatic carbocycles. The molecule has 0 aromatic rings. The number of hydrogen-bond acceptors (Lipinski definition) is 8. The third kappa shape index (κ3) is 22.7. The van der Waals surface area contributed by atoms with Crippen LogP contribution in [0.5, 0.6) is 0 Å². The van der Waals surface area contributed by atoms with Crippen LogP contribution in [0.4, 0.5) is 0 Å². The summed E-state index contributed by atoms with van der Waals surface area (Å²) in [6, 6.07) is 4.66. The fourth-order valence-electron chi connectivity index (χ4n) is 13.7. The molecular formula is C67H122N6O3. The second kappa shape index (κ2) is 34.3. The van der Waals surface area contributed by atoms with Crippen molar-refractivity contribution in [3.63, 3.8) is 0 Å². The van der Waals surface area contributed by atoms with E-state index in [1.165, 1.54) is 183 Å². The number of carbonyl (C=O) groups excluding carboxylic acids is 1. The lowest BCUT2D eigenvalue weighted by Gasteiger charge is -2.38. The number of allylic oxidation sites excluding steroid dienone is 5. The number of amides is 1. The van der Waals surface area contributed by atoms with Crippen LogP contribution in [-0.2, 0) is 14.3 Å². The topological polar surface area (TPSA) is 55.0 Å². The second-order valence-corrected chi connectivity index (χ2v) is 27.1. The highest BCUT2D eigenvalue weighted by Crippen LogP contribution is 2.41. The first kappa shape index (κ1) is 65.6. The van der Waals surface area contributed by atoms with E-state index in [2.05, 4.69) is 140 Å². The van der Waals surface area contributed by atoms with Crippen LogP contribution < -0.4 is 0 Å². The van der Waals surface area contributed by atoms with E-state index in [1.807, 2.05) is 4.90 Å². The summed E-state index contributed by atoms with van der Waals surface area (Å²) in [6.45, 7) is 57.5. The minimum absolute atomic E-state index is 0.272. The van der Waals surface area contributed by atoms with Crippen molar-refractivity contribution >= 4 is 5.91 Å². The molecule has 0 spiro atoms. The molecular weight excluding hydrogens is 937 g/mol. The van der Waals surface area contributed by atoms with Crippen molar-refractivity contribution in [1.82, 2.24) is 29.4 Å². The summed E-state index contributed by atoms with van der Waals surface area (Å²) in [7, 11) is 0. The Morgan fingerprint density at radius 3 is 0.974 bits per heavy atom. The van der Waals surface area contributed by atoms with Gasteiger partial charge in [0.25, 0.3) is 0 Å². The van der Waals surface area contributed by atoms with Crippen molar-refractivity contribution in [1.29, 1.82) is 0 Å². The highest BCUT2D eigenvalue weighted by molar-refractivity contribution is 5.76. The average Bonchev–Trinajstić information content (AvgIpc) is 4.22. The Kier molecular flexibility index (Phi) is 29.6. The molecule has 1 amide bonds. The zero-order valence-electron chi connectivity index (χ0n) is 52.0. The van der Waals surface area contributed by atoms with Gasteiger partial charge in [0.2, 0.25) is 5.91 Å². The van der Waals surface area contributed by atoms with Crippen molar-refractivity contribution in [2.45, 2.75) is 261 Å². The Morgan fingerprint density at radius 2 is 0.632 bits per heavy atom. The van der Waals surface area contributed by atoms with Crippen LogP contribution >= 0.6 is 0 Å². The van der Waals surface area contributed by atoms with Crippen LogP contribution in [0.2, 0.25) is 0 Å². The molecule has 9 nitrogen and oxygen atoms in total. The largest absolute Gasteiger partial charge is 0.378 e. The Balaban J connectivity index is 0.000000198. The van der Waals surface area contributed by atoms with Gasteiger partial charge in [0, 0.05) is 98.3 Å². The van der Waals surface area contributed by atoms with E-state index in [9.17, 15) is 4.79 Å². The average molecular weight is 1060 g/mol. The molecule has 0 N–H and O–H groups in total. The SMILES string of the molecule is C=C(CC(C)C)N1C2CCC1CC2.C=C(CC(C)C)N1C2CCC1COC2.C=C(CC(C)C)N1C2CCCC1CC2.C=C(CC(C)C)N1CCCC1.C=C(CC(C)C)N1CCCCC1.CC(C)CC(=O)N1CCOCC1. The summed E-state index contributed by atoms with van der Waals surface area (Å²) < 4.78 is 10.7. The van der Waals surface area contributed by atoms with Crippen LogP contribution in [-0.4, -0.2) is 137 Å². The van der Waals surface area contributed by atoms with Crippen molar-refractivity contribution in [2.75, 3.05) is 65.7 Å². The molecule has 9 rings (SSSR count). The number of morpholine rings is 2. The van der Waals surface area contributed by atoms with Crippen LogP contribution in [0.1, 0.15) is 224 Å². The molecule has 0 radical (unpaired) electrons. The van der Waals surface area contributed by atoms with Gasteiger partial charge in [0.1, 0.15) is 0 Å². The predicted octanol–water partition coefficient (Wildman–Crippen LogP) is 15.7. The number of fused-ring (bicyclic) bond motifs is 6. The van der Waals surface area contributed by atoms with E-state index in [0.717, 1.165) is 80.6 Å². The van der Waals surface area contributed by atoms with E-state index >= 15 is 0 Å². The van der Waals surface area contributed by atoms with Gasteiger partial charge in [-0.3, -0.25) is 4.79 Å². The molecule has 4 unspecified atom stereocenters. The predicted molar refractivity (Wildman–Crippen MR) is 326 cm³/mol. The molecule has 9 fully saturated rings. The summed E-state index contributed by atoms with van der Waals surface area (Å²) in [5.74, 6) is 4.46. The lowest BCUT2D eigenvalue weighted by atomic mass is 9.99. The van der Waals surface area contributed by atoms with E-state index in [1.54, 1.807) is 0 Å². The van der Waals surface area contributed by atoms with Gasteiger partial charge < -0.3 is 38.9 Å². The molecule has 6 bridgehead atoms. The van der Waals surface area contributed by atoms with Gasteiger partial charge in [-0.15, -0.1) is 0 Å². The molecule has 76 heavy (non-hydrogen) atoms. The summed E-state index contributed by atoms with van der Waals surface area (Å²) in [5.41, 5.74) is 6.84. The number of piperidine rings is 2. The van der Waals surface area contributed by atoms with Gasteiger partial charge in [-0.05, 0) is 170 Å². The standard InChI is InChI=1S/C13H23N.C12H21NO.C12H21N.C11H21N.C10H19N.C9H17NO2/c1-10(2)9-11(3)14-12-5-4-6-13(14)8-7-12;1-9(2)6-10(3)13-11-4-5-12(13)8-14-7-11;1-9(2)8-10(3)13-11-4-5-12(13)7-6-11;1-10(2)9-11(3)12-7-5-4-6-8-12;1-9(2)8-10(3)11-6-4-5-7-11;1-8(2)7-9(11)10-3-5-12-6-4-10/h10,12-13H,3-9H2,1-2H3;9,11-12H,3-8H2,1-2H3;9,11-12H,3-8H2,1-2H3;10H,3-9H2,1-2H3;9H,3-8H2,1-2H3;8H,3-7H2,1-2H3. The van der Waals surface area contributed by atoms with E-state index < -0.39 is 0 Å². The van der Waals surface area contributed by atoms with Crippen LogP contribution in [0, 0.1) is 35.5 Å². The molecule has 0 aromatic heterocycles. The Hall–Kier alpha value is -2.91. The second-order valence-electron chi connectivity index (χ2n) is 27.1. The van der Waals surface area contributed by atoms with Crippen LogP contribution in [0.15, 0.2) is 61.4 Å². The maximum absolute atomic E-state index is 11.5. The van der Waals surface area contributed by atoms with Gasteiger partial charge >= 0.3 is 0 Å². The lowest BCUT2D eigenvalue weighted by Crippen LogP contribution is -2.44. The smallest absolute Gasteiger partial charge is 0.222 e. The molecule has 9 aliphatic heterocycles. The maximum Gasteiger partial charge on any atom is 0.222 e. The molecule has 438 valence electrons. The third-order valence-corrected chi connectivity index (χ3v) is 17.0. The first-order valence-electron chi connectivity index (χ1n) is 31.8. The number of ether oxygens (including phenoxy) is 2. The molecule has 9 saturated heterocycles. The van der Waals surface area contributed by atoms with Crippen molar-refractivity contribution in [2.24, 2.45) is 35.5 Å². The zero-order valence-corrected chi connectivity index (χ0v) is 52.0. The number of rotatable bonds is 17. The van der Waals surface area contributed by atoms with Crippen molar-refractivity contribution in [3.8, 4) is 0 Å². The van der Waals surface area contributed by atoms with Crippen molar-refractivity contribution < 1.29 is 14.3 Å². The van der Waals surface area contributed by atoms with Crippen LogP contribution in [0.3, 0.4) is 0 Å². The minimum atomic E-state index is 0.272. The normalized spacial score (nSPS) is 25.3. The molecule has 9 aliphatic rings. The van der Waals surface area contributed by atoms with E-state index in [4.69, 9.17) is 9.47 Å². The number of carbonyl (C=O) groups is 1. The highest BCUT2D eigenvalue weighted by Gasteiger charge is 2.40. The number of likely N-dealkylation sites (tertiary alicyclic amines) is 2. The van der Waals surface area contributed by atoms with Gasteiger partial charge in [-0.2, -0.15) is 0 Å². The quantitative estimate of drug-likeness (QED) is 0.143. The molecule has 9 heteroatoms. The summed E-state index contributed by atoms with van der Waals surface area (Å²) in [5, 5.41) is 0. The molecule has 0 aliphatic carbocycles. The van der Waals surface area contributed by atoms with Gasteiger partial charge in [-0.25, -0.2) is 0 Å². The summed E-state index contributed by atoms with van der Waals surface area (Å²) in [6.07, 6.45) is 28.7. The monoisotopic (exact) mass is 1060 g/mol. The Bertz CT molecular complexity index is 1580. The third-order valence-electron chi connectivity index (χ3n) is 17.0. The first-order chi connectivity index (χ1) is 36.1. The highest BCUT2D eigenvalue weighted by atomic mass is 16.5. The van der Waals surface area contributed by atoms with Crippen LogP contribution in [0.25, 0.3) is 0 Å². The fourth-order valence-corrected chi connectivity index (χ4v) is 13.7. The van der Waals surface area contributed by atoms with Gasteiger partial charge in [0.05, 0.1) is 38.5 Å². The number of hydrogen-bond donors (Lipinski definition) is 0. The van der Waals surface area contributed by atoms with E-state index in [-0.39, 0.29) is 5.91 Å². The lowest BCUT2D eigenvalue weighted by molar-refractivity contribution is -0.136. The van der Waals surface area contributed by atoms with Gasteiger partial charge in [-0.1, -0.05) is 116 Å². The summed E-state index contributed by atoms with van der Waals surface area (Å²) in [4.78, 5) is 26.1. The molecule has 9 heterocycles.